The van der Waals surface area contributed by atoms with Gasteiger partial charge in [0.25, 0.3) is 0 Å². The molecule has 1 unspecified atom stereocenters. The van der Waals surface area contributed by atoms with Crippen molar-refractivity contribution in [1.29, 1.82) is 5.26 Å². The van der Waals surface area contributed by atoms with Gasteiger partial charge in [0, 0.05) is 0 Å². The standard InChI is InChI=1S/C13H14N4S/c1-10(8-14)18-13-16-15-11(2)17(13)9-12-6-4-3-5-7-12/h3-7,10H,9H2,1-2H3. The Labute approximate surface area is 111 Å². The molecular weight excluding hydrogens is 244 g/mol. The second-order valence-corrected chi connectivity index (χ2v) is 5.30. The minimum atomic E-state index is -0.122. The minimum Gasteiger partial charge on any atom is -0.302 e. The van der Waals surface area contributed by atoms with Gasteiger partial charge in [-0.05, 0) is 19.4 Å². The van der Waals surface area contributed by atoms with E-state index in [1.54, 1.807) is 0 Å². The lowest BCUT2D eigenvalue weighted by atomic mass is 10.2. The number of aryl methyl sites for hydroxylation is 1. The van der Waals surface area contributed by atoms with Gasteiger partial charge in [-0.25, -0.2) is 0 Å². The highest BCUT2D eigenvalue weighted by Crippen LogP contribution is 2.22. The van der Waals surface area contributed by atoms with Crippen molar-refractivity contribution in [3.8, 4) is 6.07 Å². The van der Waals surface area contributed by atoms with E-state index in [9.17, 15) is 0 Å². The van der Waals surface area contributed by atoms with Crippen LogP contribution in [0, 0.1) is 18.3 Å². The van der Waals surface area contributed by atoms with Gasteiger partial charge < -0.3 is 4.57 Å². The van der Waals surface area contributed by atoms with Crippen LogP contribution in [-0.4, -0.2) is 20.0 Å². The third-order valence-corrected chi connectivity index (χ3v) is 3.52. The fourth-order valence-corrected chi connectivity index (χ4v) is 2.36. The summed E-state index contributed by atoms with van der Waals surface area (Å²) < 4.78 is 2.04. The number of nitrogens with zero attached hydrogens (tertiary/aromatic N) is 4. The van der Waals surface area contributed by atoms with Gasteiger partial charge in [-0.2, -0.15) is 5.26 Å². The fraction of sp³-hybridized carbons (Fsp3) is 0.308. The van der Waals surface area contributed by atoms with Crippen LogP contribution in [0.15, 0.2) is 35.5 Å². The molecule has 0 spiro atoms. The van der Waals surface area contributed by atoms with Crippen LogP contribution in [0.25, 0.3) is 0 Å². The van der Waals surface area contributed by atoms with Gasteiger partial charge in [0.05, 0.1) is 17.9 Å². The lowest BCUT2D eigenvalue weighted by Crippen LogP contribution is -2.05. The Morgan fingerprint density at radius 1 is 1.33 bits per heavy atom. The average Bonchev–Trinajstić information content (AvgIpc) is 2.72. The predicted octanol–water partition coefficient (Wildman–Crippen LogP) is 2.64. The van der Waals surface area contributed by atoms with Crippen molar-refractivity contribution in [2.75, 3.05) is 0 Å². The van der Waals surface area contributed by atoms with E-state index in [4.69, 9.17) is 5.26 Å². The molecule has 0 radical (unpaired) electrons. The molecule has 4 nitrogen and oxygen atoms in total. The monoisotopic (exact) mass is 258 g/mol. The normalized spacial score (nSPS) is 12.1. The number of rotatable bonds is 4. The zero-order chi connectivity index (χ0) is 13.0. The Morgan fingerprint density at radius 3 is 2.72 bits per heavy atom. The third-order valence-electron chi connectivity index (χ3n) is 2.55. The van der Waals surface area contributed by atoms with Crippen molar-refractivity contribution in [3.63, 3.8) is 0 Å². The molecule has 92 valence electrons. The zero-order valence-corrected chi connectivity index (χ0v) is 11.2. The summed E-state index contributed by atoms with van der Waals surface area (Å²) in [5, 5.41) is 17.7. The molecule has 0 aliphatic rings. The van der Waals surface area contributed by atoms with Gasteiger partial charge in [0.15, 0.2) is 5.16 Å². The summed E-state index contributed by atoms with van der Waals surface area (Å²) in [5.74, 6) is 0.867. The van der Waals surface area contributed by atoms with Gasteiger partial charge >= 0.3 is 0 Å². The largest absolute Gasteiger partial charge is 0.302 e. The highest BCUT2D eigenvalue weighted by Gasteiger charge is 2.13. The molecule has 2 aromatic rings. The van der Waals surface area contributed by atoms with Crippen molar-refractivity contribution < 1.29 is 0 Å². The Balaban J connectivity index is 2.22. The molecule has 0 saturated heterocycles. The van der Waals surface area contributed by atoms with Crippen LogP contribution >= 0.6 is 11.8 Å². The molecule has 1 heterocycles. The second kappa shape index (κ2) is 5.69. The summed E-state index contributed by atoms with van der Waals surface area (Å²) in [7, 11) is 0. The van der Waals surface area contributed by atoms with E-state index in [0.717, 1.165) is 17.5 Å². The zero-order valence-electron chi connectivity index (χ0n) is 10.4. The molecule has 1 atom stereocenters. The van der Waals surface area contributed by atoms with Crippen LogP contribution in [-0.2, 0) is 6.54 Å². The maximum absolute atomic E-state index is 8.86. The van der Waals surface area contributed by atoms with Crippen LogP contribution in [0.2, 0.25) is 0 Å². The van der Waals surface area contributed by atoms with Gasteiger partial charge in [0.2, 0.25) is 0 Å². The maximum Gasteiger partial charge on any atom is 0.192 e. The molecule has 0 saturated carbocycles. The van der Waals surface area contributed by atoms with E-state index >= 15 is 0 Å². The third kappa shape index (κ3) is 2.90. The Hall–Kier alpha value is -1.80. The summed E-state index contributed by atoms with van der Waals surface area (Å²) >= 11 is 1.44. The Bertz CT molecular complexity index is 556. The second-order valence-electron chi connectivity index (χ2n) is 3.99. The molecule has 2 rings (SSSR count). The number of nitriles is 1. The van der Waals surface area contributed by atoms with Crippen LogP contribution in [0.3, 0.4) is 0 Å². The van der Waals surface area contributed by atoms with E-state index in [1.807, 2.05) is 36.6 Å². The number of benzene rings is 1. The number of hydrogen-bond donors (Lipinski definition) is 0. The van der Waals surface area contributed by atoms with E-state index in [0.29, 0.717) is 0 Å². The molecule has 0 N–H and O–H groups in total. The molecule has 18 heavy (non-hydrogen) atoms. The summed E-state index contributed by atoms with van der Waals surface area (Å²) in [6.45, 7) is 4.53. The van der Waals surface area contributed by atoms with Crippen molar-refractivity contribution >= 4 is 11.8 Å². The average molecular weight is 258 g/mol. The van der Waals surface area contributed by atoms with E-state index < -0.39 is 0 Å². The van der Waals surface area contributed by atoms with Crippen molar-refractivity contribution in [1.82, 2.24) is 14.8 Å². The lowest BCUT2D eigenvalue weighted by molar-refractivity contribution is 0.687. The van der Waals surface area contributed by atoms with Crippen molar-refractivity contribution in [2.24, 2.45) is 0 Å². The highest BCUT2D eigenvalue weighted by molar-refractivity contribution is 8.00. The molecular formula is C13H14N4S. The van der Waals surface area contributed by atoms with E-state index in [2.05, 4.69) is 28.4 Å². The van der Waals surface area contributed by atoms with E-state index in [1.165, 1.54) is 17.3 Å². The first-order chi connectivity index (χ1) is 8.70. The number of thioether (sulfide) groups is 1. The van der Waals surface area contributed by atoms with Gasteiger partial charge in [-0.15, -0.1) is 10.2 Å². The quantitative estimate of drug-likeness (QED) is 0.791. The molecule has 0 fully saturated rings. The van der Waals surface area contributed by atoms with Crippen LogP contribution in [0.4, 0.5) is 0 Å². The summed E-state index contributed by atoms with van der Waals surface area (Å²) in [6, 6.07) is 12.4. The summed E-state index contributed by atoms with van der Waals surface area (Å²) in [5.41, 5.74) is 1.20. The first-order valence-electron chi connectivity index (χ1n) is 5.70. The van der Waals surface area contributed by atoms with Gasteiger partial charge in [-0.3, -0.25) is 0 Å². The minimum absolute atomic E-state index is 0.122. The molecule has 0 bridgehead atoms. The highest BCUT2D eigenvalue weighted by atomic mass is 32.2. The van der Waals surface area contributed by atoms with E-state index in [-0.39, 0.29) is 5.25 Å². The molecule has 1 aromatic heterocycles. The maximum atomic E-state index is 8.86. The smallest absolute Gasteiger partial charge is 0.192 e. The first-order valence-corrected chi connectivity index (χ1v) is 6.58. The summed E-state index contributed by atoms with van der Waals surface area (Å²) in [6.07, 6.45) is 0. The topological polar surface area (TPSA) is 54.5 Å². The molecule has 0 aliphatic carbocycles. The van der Waals surface area contributed by atoms with Crippen molar-refractivity contribution in [2.45, 2.75) is 30.8 Å². The molecule has 0 amide bonds. The Morgan fingerprint density at radius 2 is 2.06 bits per heavy atom. The predicted molar refractivity (Wildman–Crippen MR) is 71.2 cm³/mol. The first kappa shape index (κ1) is 12.7. The SMILES string of the molecule is Cc1nnc(SC(C)C#N)n1Cc1ccccc1. The van der Waals surface area contributed by atoms with Crippen LogP contribution in [0.5, 0.6) is 0 Å². The fourth-order valence-electron chi connectivity index (χ4n) is 1.58. The molecule has 0 aliphatic heterocycles. The van der Waals surface area contributed by atoms with Crippen molar-refractivity contribution in [3.05, 3.63) is 41.7 Å². The van der Waals surface area contributed by atoms with Crippen LogP contribution < -0.4 is 0 Å². The lowest BCUT2D eigenvalue weighted by Gasteiger charge is -2.08. The molecule has 5 heteroatoms. The molecule has 1 aromatic carbocycles. The van der Waals surface area contributed by atoms with Crippen LogP contribution in [0.1, 0.15) is 18.3 Å². The number of hydrogen-bond acceptors (Lipinski definition) is 4. The van der Waals surface area contributed by atoms with Gasteiger partial charge in [-0.1, -0.05) is 42.1 Å². The summed E-state index contributed by atoms with van der Waals surface area (Å²) in [4.78, 5) is 0. The van der Waals surface area contributed by atoms with Gasteiger partial charge in [0.1, 0.15) is 5.82 Å². The number of aromatic nitrogens is 3. The Kier molecular flexibility index (Phi) is 4.00.